The predicted octanol–water partition coefficient (Wildman–Crippen LogP) is 4.28. The number of benzene rings is 1. The summed E-state index contributed by atoms with van der Waals surface area (Å²) in [5.74, 6) is 1.15. The molecule has 0 amide bonds. The highest BCUT2D eigenvalue weighted by Crippen LogP contribution is 2.40. The molecule has 1 aromatic carbocycles. The zero-order valence-electron chi connectivity index (χ0n) is 13.3. The average molecular weight is 303 g/mol. The first kappa shape index (κ1) is 14.8. The lowest BCUT2D eigenvalue weighted by molar-refractivity contribution is 0.335. The van der Waals surface area contributed by atoms with E-state index >= 15 is 0 Å². The predicted molar refractivity (Wildman–Crippen MR) is 94.8 cm³/mol. The van der Waals surface area contributed by atoms with Crippen LogP contribution < -0.4 is 10.2 Å². The molecule has 0 radical (unpaired) electrons. The molecule has 0 bridgehead atoms. The molecule has 4 heteroatoms. The first-order valence-electron chi connectivity index (χ1n) is 7.86. The summed E-state index contributed by atoms with van der Waals surface area (Å²) >= 11 is 1.89. The standard InChI is InChI=1S/C17H25N3S/c1-13-7-8-14(11-15(13)20(2)3)18-16-19-17(12-21-16)9-5-4-6-10-17/h7-8,11H,4-6,9-10,12H2,1-3H3,(H,18,19). The number of nitrogens with one attached hydrogen (secondary N) is 1. The number of aryl methyl sites for hydroxylation is 1. The molecule has 1 saturated carbocycles. The molecule has 21 heavy (non-hydrogen) atoms. The lowest BCUT2D eigenvalue weighted by Gasteiger charge is -2.29. The fraction of sp³-hybridized carbons (Fsp3) is 0.588. The van der Waals surface area contributed by atoms with Gasteiger partial charge in [0.2, 0.25) is 0 Å². The normalized spacial score (nSPS) is 20.4. The van der Waals surface area contributed by atoms with Gasteiger partial charge in [-0.05, 0) is 37.5 Å². The van der Waals surface area contributed by atoms with E-state index in [0.717, 1.165) is 16.6 Å². The van der Waals surface area contributed by atoms with E-state index in [0.29, 0.717) is 0 Å². The Morgan fingerprint density at radius 1 is 1.19 bits per heavy atom. The highest BCUT2D eigenvalue weighted by molar-refractivity contribution is 8.14. The number of hydrogen-bond acceptors (Lipinski definition) is 4. The van der Waals surface area contributed by atoms with Gasteiger partial charge in [0.15, 0.2) is 5.17 Å². The molecule has 1 fully saturated rings. The maximum absolute atomic E-state index is 5.03. The van der Waals surface area contributed by atoms with Gasteiger partial charge in [0, 0.05) is 31.2 Å². The number of hydrogen-bond donors (Lipinski definition) is 1. The van der Waals surface area contributed by atoms with Crippen molar-refractivity contribution in [3.05, 3.63) is 23.8 Å². The molecular weight excluding hydrogens is 278 g/mol. The summed E-state index contributed by atoms with van der Waals surface area (Å²) in [6, 6.07) is 6.54. The van der Waals surface area contributed by atoms with E-state index in [-0.39, 0.29) is 5.54 Å². The summed E-state index contributed by atoms with van der Waals surface area (Å²) in [4.78, 5) is 7.19. The molecule has 1 aliphatic carbocycles. The molecule has 0 saturated heterocycles. The molecule has 1 N–H and O–H groups in total. The van der Waals surface area contributed by atoms with Gasteiger partial charge in [0.1, 0.15) is 0 Å². The monoisotopic (exact) mass is 303 g/mol. The van der Waals surface area contributed by atoms with Crippen LogP contribution in [0.15, 0.2) is 23.2 Å². The van der Waals surface area contributed by atoms with Crippen molar-refractivity contribution in [3.8, 4) is 0 Å². The molecule has 2 aliphatic rings. The largest absolute Gasteiger partial charge is 0.377 e. The third-order valence-corrected chi connectivity index (χ3v) is 5.69. The van der Waals surface area contributed by atoms with E-state index in [2.05, 4.69) is 49.4 Å². The van der Waals surface area contributed by atoms with Gasteiger partial charge in [-0.3, -0.25) is 4.99 Å². The quantitative estimate of drug-likeness (QED) is 0.883. The second-order valence-corrected chi connectivity index (χ2v) is 7.48. The van der Waals surface area contributed by atoms with Crippen LogP contribution in [-0.4, -0.2) is 30.6 Å². The molecule has 1 spiro atoms. The van der Waals surface area contributed by atoms with Crippen molar-refractivity contribution in [2.75, 3.05) is 30.1 Å². The number of rotatable bonds is 2. The summed E-state index contributed by atoms with van der Waals surface area (Å²) < 4.78 is 0. The first-order chi connectivity index (χ1) is 10.1. The molecule has 1 aliphatic heterocycles. The Morgan fingerprint density at radius 2 is 1.95 bits per heavy atom. The number of aliphatic imine (C=N–C) groups is 1. The Morgan fingerprint density at radius 3 is 2.67 bits per heavy atom. The number of amidine groups is 1. The van der Waals surface area contributed by atoms with Crippen LogP contribution in [0, 0.1) is 6.92 Å². The molecule has 0 atom stereocenters. The molecule has 1 heterocycles. The van der Waals surface area contributed by atoms with Crippen molar-refractivity contribution in [2.24, 2.45) is 4.99 Å². The van der Waals surface area contributed by atoms with E-state index in [1.165, 1.54) is 43.4 Å². The van der Waals surface area contributed by atoms with Gasteiger partial charge in [-0.25, -0.2) is 0 Å². The lowest BCUT2D eigenvalue weighted by Crippen LogP contribution is -2.29. The minimum atomic E-state index is 0.236. The van der Waals surface area contributed by atoms with Crippen LogP contribution in [0.5, 0.6) is 0 Å². The molecule has 3 nitrogen and oxygen atoms in total. The van der Waals surface area contributed by atoms with Crippen molar-refractivity contribution < 1.29 is 0 Å². The third-order valence-electron chi connectivity index (χ3n) is 4.54. The van der Waals surface area contributed by atoms with Gasteiger partial charge in [-0.15, -0.1) is 0 Å². The topological polar surface area (TPSA) is 27.6 Å². The van der Waals surface area contributed by atoms with Crippen molar-refractivity contribution in [1.82, 2.24) is 0 Å². The molecular formula is C17H25N3S. The van der Waals surface area contributed by atoms with E-state index in [1.54, 1.807) is 0 Å². The van der Waals surface area contributed by atoms with Crippen molar-refractivity contribution >= 4 is 28.3 Å². The van der Waals surface area contributed by atoms with Gasteiger partial charge in [0.25, 0.3) is 0 Å². The Labute approximate surface area is 132 Å². The SMILES string of the molecule is Cc1ccc(NC2=NC3(CCCCC3)CS2)cc1N(C)C. The molecule has 1 aromatic rings. The summed E-state index contributed by atoms with van der Waals surface area (Å²) in [5, 5.41) is 4.62. The highest BCUT2D eigenvalue weighted by atomic mass is 32.2. The maximum Gasteiger partial charge on any atom is 0.161 e. The maximum atomic E-state index is 5.03. The zero-order valence-corrected chi connectivity index (χ0v) is 14.1. The fourth-order valence-electron chi connectivity index (χ4n) is 3.31. The van der Waals surface area contributed by atoms with Gasteiger partial charge in [0.05, 0.1) is 5.54 Å². The van der Waals surface area contributed by atoms with Gasteiger partial charge >= 0.3 is 0 Å². The van der Waals surface area contributed by atoms with Crippen molar-refractivity contribution in [2.45, 2.75) is 44.6 Å². The Bertz CT molecular complexity index is 545. The minimum Gasteiger partial charge on any atom is -0.377 e. The highest BCUT2D eigenvalue weighted by Gasteiger charge is 2.36. The van der Waals surface area contributed by atoms with E-state index in [1.807, 2.05) is 11.8 Å². The van der Waals surface area contributed by atoms with E-state index in [9.17, 15) is 0 Å². The van der Waals surface area contributed by atoms with Crippen molar-refractivity contribution in [1.29, 1.82) is 0 Å². The summed E-state index contributed by atoms with van der Waals surface area (Å²) in [5.41, 5.74) is 3.94. The number of nitrogens with zero attached hydrogens (tertiary/aromatic N) is 2. The van der Waals surface area contributed by atoms with Gasteiger partial charge in [-0.1, -0.05) is 37.1 Å². The second-order valence-electron chi connectivity index (χ2n) is 6.51. The van der Waals surface area contributed by atoms with E-state index < -0.39 is 0 Å². The minimum absolute atomic E-state index is 0.236. The van der Waals surface area contributed by atoms with Crippen LogP contribution >= 0.6 is 11.8 Å². The second kappa shape index (κ2) is 5.91. The Balaban J connectivity index is 1.75. The molecule has 0 aromatic heterocycles. The van der Waals surface area contributed by atoms with Crippen molar-refractivity contribution in [3.63, 3.8) is 0 Å². The smallest absolute Gasteiger partial charge is 0.161 e. The number of thioether (sulfide) groups is 1. The fourth-order valence-corrected chi connectivity index (χ4v) is 4.51. The van der Waals surface area contributed by atoms with Gasteiger partial charge < -0.3 is 10.2 Å². The average Bonchev–Trinajstić information content (AvgIpc) is 2.84. The van der Waals surface area contributed by atoms with Crippen LogP contribution in [0.2, 0.25) is 0 Å². The van der Waals surface area contributed by atoms with Crippen LogP contribution in [0.3, 0.4) is 0 Å². The number of anilines is 2. The molecule has 114 valence electrons. The van der Waals surface area contributed by atoms with Crippen LogP contribution in [0.25, 0.3) is 0 Å². The summed E-state index contributed by atoms with van der Waals surface area (Å²) in [7, 11) is 4.18. The molecule has 0 unspecified atom stereocenters. The van der Waals surface area contributed by atoms with Crippen LogP contribution in [0.4, 0.5) is 11.4 Å². The summed E-state index contributed by atoms with van der Waals surface area (Å²) in [6.45, 7) is 2.15. The first-order valence-corrected chi connectivity index (χ1v) is 8.84. The van der Waals surface area contributed by atoms with Crippen LogP contribution in [-0.2, 0) is 0 Å². The molecule has 3 rings (SSSR count). The summed E-state index contributed by atoms with van der Waals surface area (Å²) in [6.07, 6.45) is 6.60. The lowest BCUT2D eigenvalue weighted by atomic mass is 9.84. The Hall–Kier alpha value is -1.16. The van der Waals surface area contributed by atoms with E-state index in [4.69, 9.17) is 4.99 Å². The van der Waals surface area contributed by atoms with Gasteiger partial charge in [-0.2, -0.15) is 0 Å². The Kier molecular flexibility index (Phi) is 4.16. The third kappa shape index (κ3) is 3.20. The van der Waals surface area contributed by atoms with Crippen LogP contribution in [0.1, 0.15) is 37.7 Å². The zero-order chi connectivity index (χ0) is 14.9.